The molecule has 0 saturated heterocycles. The zero-order chi connectivity index (χ0) is 13.1. The Morgan fingerprint density at radius 3 is 2.72 bits per heavy atom. The highest BCUT2D eigenvalue weighted by Gasteiger charge is 2.08. The fourth-order valence-corrected chi connectivity index (χ4v) is 2.17. The van der Waals surface area contributed by atoms with E-state index in [1.54, 1.807) is 30.5 Å². The van der Waals surface area contributed by atoms with Crippen LogP contribution in [0, 0.1) is 11.3 Å². The Bertz CT molecular complexity index is 638. The lowest BCUT2D eigenvalue weighted by molar-refractivity contribution is 1.26. The summed E-state index contributed by atoms with van der Waals surface area (Å²) < 4.78 is 0.729. The third-order valence-electron chi connectivity index (χ3n) is 2.19. The maximum Gasteiger partial charge on any atom is 0.142 e. The van der Waals surface area contributed by atoms with Gasteiger partial charge in [-0.1, -0.05) is 23.2 Å². The quantitative estimate of drug-likeness (QED) is 0.800. The van der Waals surface area contributed by atoms with Gasteiger partial charge in [0.05, 0.1) is 15.7 Å². The van der Waals surface area contributed by atoms with Crippen molar-refractivity contribution in [2.45, 2.75) is 0 Å². The molecule has 3 nitrogen and oxygen atoms in total. The number of pyridine rings is 1. The van der Waals surface area contributed by atoms with Gasteiger partial charge in [0, 0.05) is 16.4 Å². The van der Waals surface area contributed by atoms with Crippen molar-refractivity contribution in [1.82, 2.24) is 4.98 Å². The first-order valence-electron chi connectivity index (χ1n) is 4.88. The lowest BCUT2D eigenvalue weighted by atomic mass is 10.3. The predicted octanol–water partition coefficient (Wildman–Crippen LogP) is 4.77. The van der Waals surface area contributed by atoms with Crippen molar-refractivity contribution in [2.24, 2.45) is 0 Å². The van der Waals surface area contributed by atoms with Crippen molar-refractivity contribution in [3.05, 3.63) is 50.7 Å². The number of nitrogens with one attached hydrogen (secondary N) is 1. The molecule has 90 valence electrons. The molecule has 0 atom stereocenters. The number of hydrogen-bond acceptors (Lipinski definition) is 3. The van der Waals surface area contributed by atoms with Crippen LogP contribution < -0.4 is 5.32 Å². The summed E-state index contributed by atoms with van der Waals surface area (Å²) in [5.41, 5.74) is 1.72. The predicted molar refractivity (Wildman–Crippen MR) is 76.4 cm³/mol. The van der Waals surface area contributed by atoms with Crippen LogP contribution in [0.1, 0.15) is 5.69 Å². The first-order valence-corrected chi connectivity index (χ1v) is 6.43. The van der Waals surface area contributed by atoms with Crippen LogP contribution in [0.4, 0.5) is 11.4 Å². The summed E-state index contributed by atoms with van der Waals surface area (Å²) in [6.45, 7) is 0. The highest BCUT2D eigenvalue weighted by atomic mass is 79.9. The van der Waals surface area contributed by atoms with E-state index in [0.29, 0.717) is 21.4 Å². The minimum Gasteiger partial charge on any atom is -0.354 e. The smallest absolute Gasteiger partial charge is 0.142 e. The molecule has 1 aromatic carbocycles. The molecule has 0 aliphatic rings. The summed E-state index contributed by atoms with van der Waals surface area (Å²) in [5, 5.41) is 12.7. The molecule has 0 amide bonds. The highest BCUT2D eigenvalue weighted by molar-refractivity contribution is 9.10. The van der Waals surface area contributed by atoms with Gasteiger partial charge in [0.25, 0.3) is 0 Å². The van der Waals surface area contributed by atoms with Crippen LogP contribution in [0.15, 0.2) is 34.9 Å². The second kappa shape index (κ2) is 5.57. The van der Waals surface area contributed by atoms with Crippen LogP contribution in [0.2, 0.25) is 10.0 Å². The molecule has 0 aliphatic carbocycles. The van der Waals surface area contributed by atoms with Crippen LogP contribution in [0.25, 0.3) is 0 Å². The van der Waals surface area contributed by atoms with Gasteiger partial charge < -0.3 is 5.32 Å². The summed E-state index contributed by atoms with van der Waals surface area (Å²) in [7, 11) is 0. The Kier molecular flexibility index (Phi) is 4.07. The van der Waals surface area contributed by atoms with Crippen molar-refractivity contribution in [1.29, 1.82) is 5.26 Å². The molecule has 1 heterocycles. The normalized spacial score (nSPS) is 9.89. The van der Waals surface area contributed by atoms with E-state index in [1.807, 2.05) is 6.07 Å². The Morgan fingerprint density at radius 2 is 2.00 bits per heavy atom. The first-order chi connectivity index (χ1) is 8.61. The average Bonchev–Trinajstić information content (AvgIpc) is 2.40. The number of rotatable bonds is 2. The van der Waals surface area contributed by atoms with Crippen LogP contribution in [0.3, 0.4) is 0 Å². The molecular formula is C12H6BrCl2N3. The van der Waals surface area contributed by atoms with Gasteiger partial charge in [-0.3, -0.25) is 0 Å². The Labute approximate surface area is 122 Å². The van der Waals surface area contributed by atoms with Crippen LogP contribution >= 0.6 is 39.1 Å². The van der Waals surface area contributed by atoms with Crippen molar-refractivity contribution in [3.8, 4) is 6.07 Å². The van der Waals surface area contributed by atoms with Crippen molar-refractivity contribution in [3.63, 3.8) is 0 Å². The van der Waals surface area contributed by atoms with Gasteiger partial charge in [-0.25, -0.2) is 4.98 Å². The van der Waals surface area contributed by atoms with Crippen LogP contribution in [0.5, 0.6) is 0 Å². The van der Waals surface area contributed by atoms with Gasteiger partial charge in [0.1, 0.15) is 11.8 Å². The zero-order valence-corrected chi connectivity index (χ0v) is 12.0. The van der Waals surface area contributed by atoms with E-state index < -0.39 is 0 Å². The molecule has 0 unspecified atom stereocenters. The topological polar surface area (TPSA) is 48.7 Å². The standard InChI is InChI=1S/C12H6BrCl2N3/c13-9-1-2-10(12(15)11(9)14)18-7-3-4-17-8(5-7)6-16/h1-5H,(H,17,18). The minimum absolute atomic E-state index is 0.333. The molecule has 6 heteroatoms. The molecule has 0 spiro atoms. The second-order valence-corrected chi connectivity index (χ2v) is 5.00. The van der Waals surface area contributed by atoms with Gasteiger partial charge in [-0.2, -0.15) is 5.26 Å². The molecule has 0 fully saturated rings. The van der Waals surface area contributed by atoms with Crippen LogP contribution in [-0.4, -0.2) is 4.98 Å². The molecule has 2 rings (SSSR count). The number of anilines is 2. The fourth-order valence-electron chi connectivity index (χ4n) is 1.35. The van der Waals surface area contributed by atoms with E-state index in [0.717, 1.165) is 10.2 Å². The molecule has 0 aliphatic heterocycles. The molecule has 1 N–H and O–H groups in total. The number of halogens is 3. The molecule has 1 aromatic heterocycles. The summed E-state index contributed by atoms with van der Waals surface area (Å²) in [5.74, 6) is 0. The molecule has 0 bridgehead atoms. The first kappa shape index (κ1) is 13.2. The van der Waals surface area contributed by atoms with Gasteiger partial charge in [0.2, 0.25) is 0 Å². The van der Waals surface area contributed by atoms with E-state index in [1.165, 1.54) is 0 Å². The van der Waals surface area contributed by atoms with Gasteiger partial charge in [0.15, 0.2) is 0 Å². The lowest BCUT2D eigenvalue weighted by Crippen LogP contribution is -1.93. The summed E-state index contributed by atoms with van der Waals surface area (Å²) in [6, 6.07) is 8.94. The monoisotopic (exact) mass is 341 g/mol. The molecular weight excluding hydrogens is 337 g/mol. The maximum absolute atomic E-state index is 8.77. The van der Waals surface area contributed by atoms with Crippen molar-refractivity contribution in [2.75, 3.05) is 5.32 Å². The van der Waals surface area contributed by atoms with E-state index in [9.17, 15) is 0 Å². The number of hydrogen-bond donors (Lipinski definition) is 1. The summed E-state index contributed by atoms with van der Waals surface area (Å²) in [4.78, 5) is 3.89. The van der Waals surface area contributed by atoms with Crippen LogP contribution in [-0.2, 0) is 0 Å². The SMILES string of the molecule is N#Cc1cc(Nc2ccc(Br)c(Cl)c2Cl)ccn1. The third-order valence-corrected chi connectivity index (χ3v) is 3.96. The van der Waals surface area contributed by atoms with Crippen molar-refractivity contribution < 1.29 is 0 Å². The fraction of sp³-hybridized carbons (Fsp3) is 0. The number of aromatic nitrogens is 1. The lowest BCUT2D eigenvalue weighted by Gasteiger charge is -2.10. The highest BCUT2D eigenvalue weighted by Crippen LogP contribution is 2.37. The molecule has 0 saturated carbocycles. The second-order valence-electron chi connectivity index (χ2n) is 3.39. The number of nitriles is 1. The van der Waals surface area contributed by atoms with E-state index >= 15 is 0 Å². The minimum atomic E-state index is 0.333. The molecule has 2 aromatic rings. The van der Waals surface area contributed by atoms with Crippen molar-refractivity contribution >= 4 is 50.5 Å². The van der Waals surface area contributed by atoms with E-state index in [4.69, 9.17) is 28.5 Å². The molecule has 18 heavy (non-hydrogen) atoms. The Morgan fingerprint density at radius 1 is 1.22 bits per heavy atom. The maximum atomic E-state index is 8.77. The largest absolute Gasteiger partial charge is 0.354 e. The molecule has 0 radical (unpaired) electrons. The Hall–Kier alpha value is -1.28. The zero-order valence-electron chi connectivity index (χ0n) is 8.92. The van der Waals surface area contributed by atoms with Gasteiger partial charge in [-0.15, -0.1) is 0 Å². The Balaban J connectivity index is 2.35. The van der Waals surface area contributed by atoms with Gasteiger partial charge >= 0.3 is 0 Å². The van der Waals surface area contributed by atoms with Gasteiger partial charge in [-0.05, 0) is 40.2 Å². The number of benzene rings is 1. The average molecular weight is 343 g/mol. The van der Waals surface area contributed by atoms with E-state index in [2.05, 4.69) is 26.2 Å². The summed E-state index contributed by atoms with van der Waals surface area (Å²) >= 11 is 15.4. The number of nitrogens with zero attached hydrogens (tertiary/aromatic N) is 2. The van der Waals surface area contributed by atoms with E-state index in [-0.39, 0.29) is 0 Å². The summed E-state index contributed by atoms with van der Waals surface area (Å²) in [6.07, 6.45) is 1.55. The third kappa shape index (κ3) is 2.75.